The van der Waals surface area contributed by atoms with Crippen molar-refractivity contribution in [3.8, 4) is 0 Å². The van der Waals surface area contributed by atoms with Gasteiger partial charge in [-0.25, -0.2) is 0 Å². The molecule has 0 spiro atoms. The zero-order chi connectivity index (χ0) is 16.8. The molecule has 0 aromatic heterocycles. The Morgan fingerprint density at radius 1 is 1.12 bits per heavy atom. The Hall–Kier alpha value is -1.88. The molecule has 0 saturated carbocycles. The van der Waals surface area contributed by atoms with Crippen LogP contribution in [0.3, 0.4) is 0 Å². The summed E-state index contributed by atoms with van der Waals surface area (Å²) in [5, 5.41) is 2.76. The van der Waals surface area contributed by atoms with E-state index in [-0.39, 0.29) is 24.3 Å². The minimum atomic E-state index is -0.0885. The standard InChI is InChI=1S/C19H26N2O3/c22-18(13-20-19(23)17-8-11-24-14-17)21-9-6-16(7-10-21)12-15-4-2-1-3-5-15/h1-5,16-17H,6-14H2,(H,20,23)/t17-/m1/s1. The van der Waals surface area contributed by atoms with Crippen molar-refractivity contribution in [3.05, 3.63) is 35.9 Å². The topological polar surface area (TPSA) is 58.6 Å². The Bertz CT molecular complexity index is 547. The lowest BCUT2D eigenvalue weighted by molar-refractivity contribution is -0.134. The highest BCUT2D eigenvalue weighted by atomic mass is 16.5. The number of nitrogens with zero attached hydrogens (tertiary/aromatic N) is 1. The molecule has 0 unspecified atom stereocenters. The maximum Gasteiger partial charge on any atom is 0.241 e. The number of hydrogen-bond acceptors (Lipinski definition) is 3. The van der Waals surface area contributed by atoms with Crippen molar-refractivity contribution >= 4 is 11.8 Å². The summed E-state index contributed by atoms with van der Waals surface area (Å²) >= 11 is 0. The van der Waals surface area contributed by atoms with E-state index in [9.17, 15) is 9.59 Å². The van der Waals surface area contributed by atoms with Crippen LogP contribution in [-0.4, -0.2) is 49.6 Å². The Balaban J connectivity index is 1.38. The number of carbonyl (C=O) groups excluding carboxylic acids is 2. The Labute approximate surface area is 143 Å². The molecule has 2 heterocycles. The fraction of sp³-hybridized carbons (Fsp3) is 0.579. The van der Waals surface area contributed by atoms with E-state index in [1.807, 2.05) is 11.0 Å². The second-order valence-corrected chi connectivity index (χ2v) is 6.79. The summed E-state index contributed by atoms with van der Waals surface area (Å²) < 4.78 is 5.21. The van der Waals surface area contributed by atoms with Crippen LogP contribution in [0.2, 0.25) is 0 Å². The van der Waals surface area contributed by atoms with Gasteiger partial charge in [-0.1, -0.05) is 30.3 Å². The van der Waals surface area contributed by atoms with Crippen LogP contribution in [0.25, 0.3) is 0 Å². The van der Waals surface area contributed by atoms with Crippen LogP contribution in [0.5, 0.6) is 0 Å². The van der Waals surface area contributed by atoms with Crippen molar-refractivity contribution < 1.29 is 14.3 Å². The second-order valence-electron chi connectivity index (χ2n) is 6.79. The van der Waals surface area contributed by atoms with Crippen LogP contribution in [0, 0.1) is 11.8 Å². The first-order valence-corrected chi connectivity index (χ1v) is 8.89. The van der Waals surface area contributed by atoms with Gasteiger partial charge in [0.2, 0.25) is 11.8 Å². The summed E-state index contributed by atoms with van der Waals surface area (Å²) in [5.74, 6) is 0.524. The monoisotopic (exact) mass is 330 g/mol. The molecular formula is C19H26N2O3. The van der Waals surface area contributed by atoms with Crippen molar-refractivity contribution in [2.24, 2.45) is 11.8 Å². The largest absolute Gasteiger partial charge is 0.381 e. The molecule has 2 amide bonds. The highest BCUT2D eigenvalue weighted by molar-refractivity contribution is 5.86. The molecule has 5 nitrogen and oxygen atoms in total. The first kappa shape index (κ1) is 17.0. The van der Waals surface area contributed by atoms with E-state index in [1.165, 1.54) is 5.56 Å². The fourth-order valence-corrected chi connectivity index (χ4v) is 3.49. The molecule has 2 fully saturated rings. The average Bonchev–Trinajstić information content (AvgIpc) is 3.16. The Morgan fingerprint density at radius 3 is 2.54 bits per heavy atom. The molecule has 2 aliphatic heterocycles. The van der Waals surface area contributed by atoms with Crippen LogP contribution >= 0.6 is 0 Å². The van der Waals surface area contributed by atoms with Gasteiger partial charge in [-0.2, -0.15) is 0 Å². The van der Waals surface area contributed by atoms with E-state index in [0.29, 0.717) is 19.1 Å². The van der Waals surface area contributed by atoms with Crippen molar-refractivity contribution in [2.75, 3.05) is 32.8 Å². The van der Waals surface area contributed by atoms with Crippen LogP contribution in [0.4, 0.5) is 0 Å². The molecule has 0 radical (unpaired) electrons. The third kappa shape index (κ3) is 4.57. The molecule has 0 aliphatic carbocycles. The van der Waals surface area contributed by atoms with E-state index in [0.717, 1.165) is 38.8 Å². The lowest BCUT2D eigenvalue weighted by atomic mass is 9.90. The van der Waals surface area contributed by atoms with Gasteiger partial charge in [0.05, 0.1) is 19.1 Å². The predicted molar refractivity (Wildman–Crippen MR) is 91.4 cm³/mol. The molecule has 0 bridgehead atoms. The quantitative estimate of drug-likeness (QED) is 0.892. The normalized spacial score (nSPS) is 21.7. The van der Waals surface area contributed by atoms with Gasteiger partial charge >= 0.3 is 0 Å². The first-order chi connectivity index (χ1) is 11.7. The fourth-order valence-electron chi connectivity index (χ4n) is 3.49. The summed E-state index contributed by atoms with van der Waals surface area (Å²) in [5.41, 5.74) is 1.37. The number of amides is 2. The lowest BCUT2D eigenvalue weighted by Crippen LogP contribution is -2.45. The molecule has 1 atom stereocenters. The van der Waals surface area contributed by atoms with Crippen LogP contribution in [-0.2, 0) is 20.7 Å². The number of nitrogens with one attached hydrogen (secondary N) is 1. The highest BCUT2D eigenvalue weighted by Gasteiger charge is 2.26. The third-order valence-electron chi connectivity index (χ3n) is 5.05. The van der Waals surface area contributed by atoms with Crippen LogP contribution in [0.1, 0.15) is 24.8 Å². The van der Waals surface area contributed by atoms with E-state index in [1.54, 1.807) is 0 Å². The highest BCUT2D eigenvalue weighted by Crippen LogP contribution is 2.21. The van der Waals surface area contributed by atoms with E-state index in [2.05, 4.69) is 29.6 Å². The third-order valence-corrected chi connectivity index (χ3v) is 5.05. The van der Waals surface area contributed by atoms with Gasteiger partial charge in [-0.05, 0) is 37.2 Å². The zero-order valence-corrected chi connectivity index (χ0v) is 14.1. The number of ether oxygens (including phenoxy) is 1. The summed E-state index contributed by atoms with van der Waals surface area (Å²) in [6, 6.07) is 10.5. The number of likely N-dealkylation sites (tertiary alicyclic amines) is 1. The lowest BCUT2D eigenvalue weighted by Gasteiger charge is -2.32. The van der Waals surface area contributed by atoms with E-state index < -0.39 is 0 Å². The maximum absolute atomic E-state index is 12.3. The molecule has 1 aromatic rings. The SMILES string of the molecule is O=C(NCC(=O)N1CCC(Cc2ccccc2)CC1)[C@@H]1CCOC1. The molecule has 1 aromatic carbocycles. The van der Waals surface area contributed by atoms with Crippen molar-refractivity contribution in [3.63, 3.8) is 0 Å². The van der Waals surface area contributed by atoms with Gasteiger partial charge in [-0.3, -0.25) is 9.59 Å². The van der Waals surface area contributed by atoms with Gasteiger partial charge in [-0.15, -0.1) is 0 Å². The van der Waals surface area contributed by atoms with Crippen molar-refractivity contribution in [1.82, 2.24) is 10.2 Å². The molecular weight excluding hydrogens is 304 g/mol. The minimum Gasteiger partial charge on any atom is -0.381 e. The number of rotatable bonds is 5. The maximum atomic E-state index is 12.3. The molecule has 5 heteroatoms. The minimum absolute atomic E-state index is 0.0282. The summed E-state index contributed by atoms with van der Waals surface area (Å²) in [6.45, 7) is 2.81. The van der Waals surface area contributed by atoms with Gasteiger partial charge in [0, 0.05) is 19.7 Å². The van der Waals surface area contributed by atoms with Gasteiger partial charge < -0.3 is 15.0 Å². The van der Waals surface area contributed by atoms with E-state index >= 15 is 0 Å². The number of hydrogen-bond donors (Lipinski definition) is 1. The number of piperidine rings is 1. The molecule has 2 saturated heterocycles. The van der Waals surface area contributed by atoms with Crippen LogP contribution < -0.4 is 5.32 Å². The number of carbonyl (C=O) groups is 2. The summed E-state index contributed by atoms with van der Waals surface area (Å²) in [4.78, 5) is 26.1. The van der Waals surface area contributed by atoms with Crippen molar-refractivity contribution in [1.29, 1.82) is 0 Å². The first-order valence-electron chi connectivity index (χ1n) is 8.89. The average molecular weight is 330 g/mol. The van der Waals surface area contributed by atoms with Gasteiger partial charge in [0.15, 0.2) is 0 Å². The predicted octanol–water partition coefficient (Wildman–Crippen LogP) is 1.62. The summed E-state index contributed by atoms with van der Waals surface area (Å²) in [6.07, 6.45) is 3.91. The summed E-state index contributed by atoms with van der Waals surface area (Å²) in [7, 11) is 0. The molecule has 24 heavy (non-hydrogen) atoms. The molecule has 2 aliphatic rings. The second kappa shape index (κ2) is 8.29. The van der Waals surface area contributed by atoms with Crippen molar-refractivity contribution in [2.45, 2.75) is 25.7 Å². The molecule has 3 rings (SSSR count). The van der Waals surface area contributed by atoms with E-state index in [4.69, 9.17) is 4.74 Å². The zero-order valence-electron chi connectivity index (χ0n) is 14.1. The smallest absolute Gasteiger partial charge is 0.241 e. The van der Waals surface area contributed by atoms with Gasteiger partial charge in [0.1, 0.15) is 0 Å². The Morgan fingerprint density at radius 2 is 1.88 bits per heavy atom. The molecule has 130 valence electrons. The number of benzene rings is 1. The van der Waals surface area contributed by atoms with Gasteiger partial charge in [0.25, 0.3) is 0 Å². The Kier molecular flexibility index (Phi) is 5.86. The van der Waals surface area contributed by atoms with Crippen LogP contribution in [0.15, 0.2) is 30.3 Å². The molecule has 1 N–H and O–H groups in total.